The second-order valence-corrected chi connectivity index (χ2v) is 9.41. The predicted octanol–water partition coefficient (Wildman–Crippen LogP) is 4.60. The molecule has 3 aromatic carbocycles. The maximum absolute atomic E-state index is 13.1. The molecule has 1 heterocycles. The third-order valence-corrected chi connectivity index (χ3v) is 7.12. The fourth-order valence-corrected chi connectivity index (χ4v) is 5.26. The number of rotatable bonds is 3. The molecule has 4 nitrogen and oxygen atoms in total. The smallest absolute Gasteiger partial charge is 0.247 e. The van der Waals surface area contributed by atoms with Crippen molar-refractivity contribution >= 4 is 38.9 Å². The third-order valence-electron chi connectivity index (χ3n) is 4.38. The number of nitrogens with zero attached hydrogens (tertiary/aromatic N) is 1. The molecule has 1 aliphatic heterocycles. The summed E-state index contributed by atoms with van der Waals surface area (Å²) in [6.45, 7) is 1.89. The van der Waals surface area contributed by atoms with Crippen molar-refractivity contribution in [3.63, 3.8) is 0 Å². The van der Waals surface area contributed by atoms with Crippen LogP contribution < -0.4 is 4.90 Å². The molecule has 136 valence electrons. The summed E-state index contributed by atoms with van der Waals surface area (Å²) in [6, 6.07) is 21.6. The molecule has 0 saturated heterocycles. The fraction of sp³-hybridized carbons (Fsp3) is 0.0952. The van der Waals surface area contributed by atoms with Gasteiger partial charge in [0.2, 0.25) is 5.91 Å². The Kier molecular flexibility index (Phi) is 4.53. The van der Waals surface area contributed by atoms with Crippen LogP contribution in [0.2, 0.25) is 0 Å². The van der Waals surface area contributed by atoms with E-state index in [0.717, 1.165) is 15.4 Å². The predicted molar refractivity (Wildman–Crippen MR) is 107 cm³/mol. The van der Waals surface area contributed by atoms with Gasteiger partial charge in [0.05, 0.1) is 16.3 Å². The van der Waals surface area contributed by atoms with E-state index in [4.69, 9.17) is 0 Å². The Morgan fingerprint density at radius 2 is 1.37 bits per heavy atom. The molecule has 27 heavy (non-hydrogen) atoms. The second kappa shape index (κ2) is 6.87. The van der Waals surface area contributed by atoms with E-state index in [0.29, 0.717) is 11.4 Å². The molecule has 0 aromatic heterocycles. The van der Waals surface area contributed by atoms with E-state index in [9.17, 15) is 13.2 Å². The quantitative estimate of drug-likeness (QED) is 0.650. The number of aryl methyl sites for hydroxylation is 1. The molecular weight excluding hydrogens is 378 g/mol. The van der Waals surface area contributed by atoms with E-state index in [1.165, 1.54) is 4.90 Å². The van der Waals surface area contributed by atoms with Crippen LogP contribution in [0.15, 0.2) is 87.5 Å². The number of sulfone groups is 1. The molecular formula is C21H17NO3S2. The second-order valence-electron chi connectivity index (χ2n) is 6.34. The zero-order valence-electron chi connectivity index (χ0n) is 14.6. The molecule has 4 rings (SSSR count). The Morgan fingerprint density at radius 1 is 0.852 bits per heavy atom. The maximum Gasteiger partial charge on any atom is 0.247 e. The van der Waals surface area contributed by atoms with Crippen LogP contribution >= 0.6 is 11.8 Å². The summed E-state index contributed by atoms with van der Waals surface area (Å²) in [4.78, 5) is 16.7. The van der Waals surface area contributed by atoms with Crippen LogP contribution in [0.25, 0.3) is 0 Å². The molecule has 0 radical (unpaired) electrons. The lowest BCUT2D eigenvalue weighted by Gasteiger charge is -2.31. The van der Waals surface area contributed by atoms with E-state index in [2.05, 4.69) is 0 Å². The molecule has 0 bridgehead atoms. The summed E-state index contributed by atoms with van der Waals surface area (Å²) in [5, 5.41) is 0. The van der Waals surface area contributed by atoms with Crippen LogP contribution in [0.4, 0.5) is 11.4 Å². The Morgan fingerprint density at radius 3 is 1.93 bits per heavy atom. The summed E-state index contributed by atoms with van der Waals surface area (Å²) in [7, 11) is -3.73. The van der Waals surface area contributed by atoms with Crippen LogP contribution in [-0.4, -0.2) is 20.1 Å². The zero-order valence-corrected chi connectivity index (χ0v) is 16.3. The van der Waals surface area contributed by atoms with Crippen molar-refractivity contribution in [2.75, 3.05) is 10.7 Å². The molecule has 0 saturated carbocycles. The van der Waals surface area contributed by atoms with Crippen LogP contribution in [0.3, 0.4) is 0 Å². The van der Waals surface area contributed by atoms with Crippen molar-refractivity contribution in [1.82, 2.24) is 0 Å². The van der Waals surface area contributed by atoms with Crippen molar-refractivity contribution in [2.45, 2.75) is 21.6 Å². The standard InChI is InChI=1S/C21H17NO3S2/c1-15-10-12-16(13-11-15)27(24,25)14-21(23)22-17-6-2-4-8-19(17)26-20-9-5-3-7-18(20)22/h2-13H,14H2,1H3. The summed E-state index contributed by atoms with van der Waals surface area (Å²) in [6.07, 6.45) is 0. The molecule has 1 aliphatic rings. The number of hydrogen-bond acceptors (Lipinski definition) is 4. The summed E-state index contributed by atoms with van der Waals surface area (Å²) in [5.74, 6) is -1.04. The van der Waals surface area contributed by atoms with Gasteiger partial charge >= 0.3 is 0 Å². The largest absolute Gasteiger partial charge is 0.278 e. The van der Waals surface area contributed by atoms with E-state index >= 15 is 0 Å². The van der Waals surface area contributed by atoms with Gasteiger partial charge in [-0.05, 0) is 43.3 Å². The van der Waals surface area contributed by atoms with Gasteiger partial charge in [-0.1, -0.05) is 53.7 Å². The van der Waals surface area contributed by atoms with Gasteiger partial charge in [-0.2, -0.15) is 0 Å². The Hall–Kier alpha value is -2.57. The van der Waals surface area contributed by atoms with Gasteiger partial charge in [-0.3, -0.25) is 9.69 Å². The average Bonchev–Trinajstić information content (AvgIpc) is 2.66. The first-order chi connectivity index (χ1) is 13.0. The Bertz CT molecular complexity index is 1080. The SMILES string of the molecule is Cc1ccc(S(=O)(=O)CC(=O)N2c3ccccc3Sc3ccccc32)cc1. The first kappa shape index (κ1) is 17.8. The van der Waals surface area contributed by atoms with Crippen LogP contribution in [-0.2, 0) is 14.6 Å². The molecule has 0 N–H and O–H groups in total. The van der Waals surface area contributed by atoms with Crippen molar-refractivity contribution in [2.24, 2.45) is 0 Å². The Balaban J connectivity index is 1.73. The van der Waals surface area contributed by atoms with E-state index in [1.807, 2.05) is 55.5 Å². The molecule has 0 atom stereocenters. The molecule has 3 aromatic rings. The van der Waals surface area contributed by atoms with Crippen LogP contribution in [0, 0.1) is 6.92 Å². The summed E-state index contributed by atoms with van der Waals surface area (Å²) >= 11 is 1.58. The van der Waals surface area contributed by atoms with Gasteiger partial charge < -0.3 is 0 Å². The van der Waals surface area contributed by atoms with E-state index in [1.54, 1.807) is 36.0 Å². The first-order valence-electron chi connectivity index (χ1n) is 8.44. The number of carbonyl (C=O) groups is 1. The minimum absolute atomic E-state index is 0.161. The zero-order chi connectivity index (χ0) is 19.0. The number of para-hydroxylation sites is 2. The number of hydrogen-bond donors (Lipinski definition) is 0. The van der Waals surface area contributed by atoms with E-state index in [-0.39, 0.29) is 4.90 Å². The summed E-state index contributed by atoms with van der Waals surface area (Å²) in [5.41, 5.74) is 2.40. The fourth-order valence-electron chi connectivity index (χ4n) is 3.03. The van der Waals surface area contributed by atoms with Gasteiger partial charge in [0, 0.05) is 9.79 Å². The maximum atomic E-state index is 13.1. The minimum atomic E-state index is -3.73. The number of fused-ring (bicyclic) bond motifs is 2. The van der Waals surface area contributed by atoms with Gasteiger partial charge in [0.15, 0.2) is 9.84 Å². The molecule has 6 heteroatoms. The number of carbonyl (C=O) groups excluding carboxylic acids is 1. The normalized spacial score (nSPS) is 13.0. The van der Waals surface area contributed by atoms with Crippen LogP contribution in [0.1, 0.15) is 5.56 Å². The minimum Gasteiger partial charge on any atom is -0.278 e. The highest BCUT2D eigenvalue weighted by molar-refractivity contribution is 7.99. The van der Waals surface area contributed by atoms with Crippen LogP contribution in [0.5, 0.6) is 0 Å². The van der Waals surface area contributed by atoms with Gasteiger partial charge in [0.1, 0.15) is 5.75 Å². The average molecular weight is 396 g/mol. The van der Waals surface area contributed by atoms with Gasteiger partial charge in [-0.25, -0.2) is 8.42 Å². The van der Waals surface area contributed by atoms with Gasteiger partial charge in [0.25, 0.3) is 0 Å². The molecule has 0 aliphatic carbocycles. The first-order valence-corrected chi connectivity index (χ1v) is 10.9. The molecule has 0 spiro atoms. The van der Waals surface area contributed by atoms with E-state index < -0.39 is 21.5 Å². The lowest BCUT2D eigenvalue weighted by Crippen LogP contribution is -2.33. The highest BCUT2D eigenvalue weighted by Crippen LogP contribution is 2.47. The van der Waals surface area contributed by atoms with Crippen molar-refractivity contribution in [1.29, 1.82) is 0 Å². The van der Waals surface area contributed by atoms with Crippen molar-refractivity contribution < 1.29 is 13.2 Å². The third kappa shape index (κ3) is 3.38. The van der Waals surface area contributed by atoms with Crippen molar-refractivity contribution in [3.8, 4) is 0 Å². The summed E-state index contributed by atoms with van der Waals surface area (Å²) < 4.78 is 25.5. The number of amides is 1. The lowest BCUT2D eigenvalue weighted by molar-refractivity contribution is -0.115. The molecule has 0 fully saturated rings. The number of anilines is 2. The van der Waals surface area contributed by atoms with Crippen molar-refractivity contribution in [3.05, 3.63) is 78.4 Å². The highest BCUT2D eigenvalue weighted by Gasteiger charge is 2.31. The van der Waals surface area contributed by atoms with Gasteiger partial charge in [-0.15, -0.1) is 0 Å². The number of benzene rings is 3. The monoisotopic (exact) mass is 395 g/mol. The molecule has 1 amide bonds. The topological polar surface area (TPSA) is 54.5 Å². The lowest BCUT2D eigenvalue weighted by atomic mass is 10.2. The highest BCUT2D eigenvalue weighted by atomic mass is 32.2. The molecule has 0 unspecified atom stereocenters. The Labute approximate surface area is 162 Å².